The van der Waals surface area contributed by atoms with Gasteiger partial charge in [0.2, 0.25) is 0 Å². The summed E-state index contributed by atoms with van der Waals surface area (Å²) >= 11 is 0. The molecule has 0 fully saturated rings. The second-order valence-electron chi connectivity index (χ2n) is 6.04. The Kier molecular flexibility index (Phi) is 5.35. The molecule has 3 rings (SSSR count). The number of carboxylic acid groups (broad SMARTS) is 1. The first-order valence-electron chi connectivity index (χ1n) is 8.59. The first kappa shape index (κ1) is 19.0. The van der Waals surface area contributed by atoms with Gasteiger partial charge in [-0.25, -0.2) is 9.69 Å². The molecule has 1 heterocycles. The van der Waals surface area contributed by atoms with Crippen molar-refractivity contribution in [2.45, 2.75) is 13.3 Å². The fourth-order valence-electron chi connectivity index (χ4n) is 2.91. The number of imide groups is 1. The number of hydrogen-bond acceptors (Lipinski definition) is 5. The van der Waals surface area contributed by atoms with Gasteiger partial charge in [-0.1, -0.05) is 24.3 Å². The molecule has 0 atom stereocenters. The molecule has 7 heteroatoms. The fourth-order valence-corrected chi connectivity index (χ4v) is 2.91. The van der Waals surface area contributed by atoms with E-state index in [0.29, 0.717) is 22.4 Å². The lowest BCUT2D eigenvalue weighted by Crippen LogP contribution is -2.29. The lowest BCUT2D eigenvalue weighted by Gasteiger charge is -2.14. The first-order chi connectivity index (χ1) is 13.4. The van der Waals surface area contributed by atoms with Crippen LogP contribution in [0.3, 0.4) is 0 Å². The number of fused-ring (bicyclic) bond motifs is 1. The van der Waals surface area contributed by atoms with E-state index in [0.717, 1.165) is 4.90 Å². The Bertz CT molecular complexity index is 955. The molecule has 0 saturated carbocycles. The summed E-state index contributed by atoms with van der Waals surface area (Å²) < 4.78 is 4.88. The highest BCUT2D eigenvalue weighted by Gasteiger charge is 2.36. The van der Waals surface area contributed by atoms with Gasteiger partial charge in [0.25, 0.3) is 11.8 Å². The zero-order valence-corrected chi connectivity index (χ0v) is 15.0. The largest absolute Gasteiger partial charge is 0.481 e. The van der Waals surface area contributed by atoms with Crippen LogP contribution in [0.25, 0.3) is 6.08 Å². The molecule has 1 N–H and O–H groups in total. The van der Waals surface area contributed by atoms with E-state index < -0.39 is 30.2 Å². The first-order valence-corrected chi connectivity index (χ1v) is 8.59. The van der Waals surface area contributed by atoms with Gasteiger partial charge in [0.05, 0.1) is 29.8 Å². The maximum absolute atomic E-state index is 12.5. The molecule has 2 amide bonds. The number of rotatable bonds is 6. The number of hydrogen-bond donors (Lipinski definition) is 1. The summed E-state index contributed by atoms with van der Waals surface area (Å²) in [5.41, 5.74) is 1.64. The summed E-state index contributed by atoms with van der Waals surface area (Å²) in [6, 6.07) is 12.9. The van der Waals surface area contributed by atoms with E-state index in [4.69, 9.17) is 9.84 Å². The van der Waals surface area contributed by atoms with Gasteiger partial charge in [0, 0.05) is 5.57 Å². The maximum atomic E-state index is 12.5. The van der Waals surface area contributed by atoms with Crippen LogP contribution in [0.4, 0.5) is 5.69 Å². The number of carbonyl (C=O) groups excluding carboxylic acids is 3. The number of aliphatic carboxylic acids is 1. The van der Waals surface area contributed by atoms with Crippen LogP contribution in [0, 0.1) is 0 Å². The number of ether oxygens (including phenoxy) is 1. The highest BCUT2D eigenvalue weighted by molar-refractivity contribution is 6.34. The predicted molar refractivity (Wildman–Crippen MR) is 101 cm³/mol. The monoisotopic (exact) mass is 379 g/mol. The molecule has 28 heavy (non-hydrogen) atoms. The van der Waals surface area contributed by atoms with Crippen LogP contribution in [-0.4, -0.2) is 35.5 Å². The average molecular weight is 379 g/mol. The molecule has 7 nitrogen and oxygen atoms in total. The van der Waals surface area contributed by atoms with Crippen molar-refractivity contribution >= 4 is 35.5 Å². The van der Waals surface area contributed by atoms with Gasteiger partial charge in [-0.05, 0) is 42.8 Å². The molecule has 0 radical (unpaired) electrons. The minimum Gasteiger partial charge on any atom is -0.481 e. The molecular weight excluding hydrogens is 362 g/mol. The second-order valence-corrected chi connectivity index (χ2v) is 6.04. The van der Waals surface area contributed by atoms with E-state index in [2.05, 4.69) is 0 Å². The number of carbonyl (C=O) groups is 4. The van der Waals surface area contributed by atoms with Crippen molar-refractivity contribution in [2.24, 2.45) is 0 Å². The normalized spacial score (nSPS) is 13.5. The van der Waals surface area contributed by atoms with E-state index >= 15 is 0 Å². The summed E-state index contributed by atoms with van der Waals surface area (Å²) in [4.78, 5) is 49.0. The number of amides is 2. The predicted octanol–water partition coefficient (Wildman–Crippen LogP) is 2.91. The van der Waals surface area contributed by atoms with E-state index in [9.17, 15) is 19.2 Å². The van der Waals surface area contributed by atoms with Crippen LogP contribution in [0.5, 0.6) is 0 Å². The Labute approximate surface area is 160 Å². The van der Waals surface area contributed by atoms with Crippen LogP contribution >= 0.6 is 0 Å². The molecule has 2 aromatic carbocycles. The van der Waals surface area contributed by atoms with Crippen molar-refractivity contribution in [3.8, 4) is 0 Å². The third kappa shape index (κ3) is 3.68. The zero-order chi connectivity index (χ0) is 20.3. The number of esters is 1. The molecule has 0 spiro atoms. The lowest BCUT2D eigenvalue weighted by atomic mass is 10.1. The molecule has 142 valence electrons. The summed E-state index contributed by atoms with van der Waals surface area (Å²) in [6.45, 7) is 1.77. The van der Waals surface area contributed by atoms with Gasteiger partial charge in [0.1, 0.15) is 0 Å². The van der Waals surface area contributed by atoms with Gasteiger partial charge in [0.15, 0.2) is 0 Å². The SMILES string of the molecule is CCOC(=O)/C(=C/c1ccc(N2C(=O)c3ccccc3C2=O)cc1)CC(=O)O. The van der Waals surface area contributed by atoms with E-state index in [1.54, 1.807) is 55.5 Å². The molecule has 0 unspecified atom stereocenters. The van der Waals surface area contributed by atoms with E-state index in [1.807, 2.05) is 0 Å². The maximum Gasteiger partial charge on any atom is 0.334 e. The number of carboxylic acids is 1. The van der Waals surface area contributed by atoms with Crippen LogP contribution in [-0.2, 0) is 14.3 Å². The van der Waals surface area contributed by atoms with Crippen molar-refractivity contribution in [3.63, 3.8) is 0 Å². The third-order valence-electron chi connectivity index (χ3n) is 4.17. The molecule has 0 aliphatic carbocycles. The Morgan fingerprint density at radius 3 is 2.07 bits per heavy atom. The minimum absolute atomic E-state index is 0.00262. The molecule has 0 aromatic heterocycles. The average Bonchev–Trinajstić information content (AvgIpc) is 2.93. The Balaban J connectivity index is 1.87. The van der Waals surface area contributed by atoms with Gasteiger partial charge in [-0.2, -0.15) is 0 Å². The Hall–Kier alpha value is -3.74. The highest BCUT2D eigenvalue weighted by Crippen LogP contribution is 2.28. The molecule has 0 bridgehead atoms. The smallest absolute Gasteiger partial charge is 0.334 e. The topological polar surface area (TPSA) is 101 Å². The van der Waals surface area contributed by atoms with Crippen molar-refractivity contribution in [2.75, 3.05) is 11.5 Å². The molecule has 1 aliphatic rings. The van der Waals surface area contributed by atoms with Crippen molar-refractivity contribution < 1.29 is 29.0 Å². The molecule has 2 aromatic rings. The van der Waals surface area contributed by atoms with Gasteiger partial charge < -0.3 is 9.84 Å². The van der Waals surface area contributed by atoms with E-state index in [1.165, 1.54) is 6.08 Å². The Morgan fingerprint density at radius 1 is 1.00 bits per heavy atom. The molecular formula is C21H17NO6. The quantitative estimate of drug-likeness (QED) is 0.470. The second kappa shape index (κ2) is 7.87. The summed E-state index contributed by atoms with van der Waals surface area (Å²) in [7, 11) is 0. The van der Waals surface area contributed by atoms with Gasteiger partial charge in [-0.3, -0.25) is 14.4 Å². The van der Waals surface area contributed by atoms with Gasteiger partial charge in [-0.15, -0.1) is 0 Å². The summed E-state index contributed by atoms with van der Waals surface area (Å²) in [5.74, 6) is -2.65. The fraction of sp³-hybridized carbons (Fsp3) is 0.143. The number of benzene rings is 2. The van der Waals surface area contributed by atoms with Crippen molar-refractivity contribution in [3.05, 3.63) is 70.8 Å². The van der Waals surface area contributed by atoms with Crippen LogP contribution in [0.15, 0.2) is 54.1 Å². The lowest BCUT2D eigenvalue weighted by molar-refractivity contribution is -0.142. The summed E-state index contributed by atoms with van der Waals surface area (Å²) in [6.07, 6.45) is 0.942. The van der Waals surface area contributed by atoms with E-state index in [-0.39, 0.29) is 12.2 Å². The van der Waals surface area contributed by atoms with Crippen molar-refractivity contribution in [1.29, 1.82) is 0 Å². The zero-order valence-electron chi connectivity index (χ0n) is 15.0. The van der Waals surface area contributed by atoms with Crippen LogP contribution in [0.1, 0.15) is 39.6 Å². The van der Waals surface area contributed by atoms with Crippen LogP contribution < -0.4 is 4.90 Å². The van der Waals surface area contributed by atoms with Crippen molar-refractivity contribution in [1.82, 2.24) is 0 Å². The third-order valence-corrected chi connectivity index (χ3v) is 4.17. The standard InChI is InChI=1S/C21H17NO6/c1-2-28-21(27)14(12-18(23)24)11-13-7-9-15(10-8-13)22-19(25)16-5-3-4-6-17(16)20(22)26/h3-11H,2,12H2,1H3,(H,23,24)/b14-11+. The molecule has 0 saturated heterocycles. The van der Waals surface area contributed by atoms with Gasteiger partial charge >= 0.3 is 11.9 Å². The Morgan fingerprint density at radius 2 is 1.57 bits per heavy atom. The number of nitrogens with zero attached hydrogens (tertiary/aromatic N) is 1. The highest BCUT2D eigenvalue weighted by atomic mass is 16.5. The number of anilines is 1. The van der Waals surface area contributed by atoms with Crippen LogP contribution in [0.2, 0.25) is 0 Å². The molecule has 1 aliphatic heterocycles. The summed E-state index contributed by atoms with van der Waals surface area (Å²) in [5, 5.41) is 8.98. The minimum atomic E-state index is -1.15.